The standard InChI is InChI=1S/C16H18FNO2/c1-10-5-6-14(17)16(7-10)20-9-15(19)13-8-11(2)18(4)12(13)3/h5-8H,9H2,1-4H3. The molecule has 0 N–H and O–H groups in total. The smallest absolute Gasteiger partial charge is 0.202 e. The molecule has 0 aliphatic rings. The summed E-state index contributed by atoms with van der Waals surface area (Å²) in [6, 6.07) is 6.42. The van der Waals surface area contributed by atoms with Crippen LogP contribution in [0.25, 0.3) is 0 Å². The molecular formula is C16H18FNO2. The minimum absolute atomic E-state index is 0.114. The largest absolute Gasteiger partial charge is 0.482 e. The molecule has 0 radical (unpaired) electrons. The van der Waals surface area contributed by atoms with Crippen LogP contribution in [0.2, 0.25) is 0 Å². The number of aryl methyl sites for hydroxylation is 2. The topological polar surface area (TPSA) is 31.2 Å². The predicted molar refractivity (Wildman–Crippen MR) is 75.8 cm³/mol. The number of hydrogen-bond donors (Lipinski definition) is 0. The molecule has 106 valence electrons. The Morgan fingerprint density at radius 1 is 1.25 bits per heavy atom. The molecule has 0 unspecified atom stereocenters. The van der Waals surface area contributed by atoms with Crippen molar-refractivity contribution in [3.63, 3.8) is 0 Å². The Morgan fingerprint density at radius 3 is 2.55 bits per heavy atom. The van der Waals surface area contributed by atoms with E-state index in [4.69, 9.17) is 4.74 Å². The van der Waals surface area contributed by atoms with Gasteiger partial charge in [0.2, 0.25) is 5.78 Å². The van der Waals surface area contributed by atoms with E-state index < -0.39 is 5.82 Å². The Hall–Kier alpha value is -2.10. The van der Waals surface area contributed by atoms with Gasteiger partial charge in [-0.1, -0.05) is 6.07 Å². The zero-order chi connectivity index (χ0) is 14.9. The highest BCUT2D eigenvalue weighted by Gasteiger charge is 2.15. The quantitative estimate of drug-likeness (QED) is 0.801. The van der Waals surface area contributed by atoms with Crippen LogP contribution in [0.3, 0.4) is 0 Å². The Balaban J connectivity index is 2.12. The molecule has 1 aromatic carbocycles. The summed E-state index contributed by atoms with van der Waals surface area (Å²) < 4.78 is 20.8. The zero-order valence-corrected chi connectivity index (χ0v) is 12.2. The molecule has 2 aromatic rings. The van der Waals surface area contributed by atoms with Gasteiger partial charge in [0.15, 0.2) is 18.2 Å². The lowest BCUT2D eigenvalue weighted by Crippen LogP contribution is -2.13. The Morgan fingerprint density at radius 2 is 1.95 bits per heavy atom. The second kappa shape index (κ2) is 5.49. The van der Waals surface area contributed by atoms with E-state index in [2.05, 4.69) is 0 Å². The van der Waals surface area contributed by atoms with Crippen LogP contribution >= 0.6 is 0 Å². The summed E-state index contributed by atoms with van der Waals surface area (Å²) in [7, 11) is 1.91. The molecule has 1 aromatic heterocycles. The van der Waals surface area contributed by atoms with Gasteiger partial charge in [-0.05, 0) is 44.5 Å². The van der Waals surface area contributed by atoms with Gasteiger partial charge in [0, 0.05) is 24.0 Å². The van der Waals surface area contributed by atoms with Crippen LogP contribution in [0.15, 0.2) is 24.3 Å². The zero-order valence-electron chi connectivity index (χ0n) is 12.2. The normalized spacial score (nSPS) is 10.7. The Labute approximate surface area is 118 Å². The van der Waals surface area contributed by atoms with E-state index in [0.29, 0.717) is 5.56 Å². The average molecular weight is 275 g/mol. The Kier molecular flexibility index (Phi) is 3.93. The van der Waals surface area contributed by atoms with Crippen LogP contribution in [0.5, 0.6) is 5.75 Å². The third kappa shape index (κ3) is 2.74. The molecule has 1 heterocycles. The van der Waals surface area contributed by atoms with Gasteiger partial charge in [-0.25, -0.2) is 4.39 Å². The highest BCUT2D eigenvalue weighted by atomic mass is 19.1. The summed E-state index contributed by atoms with van der Waals surface area (Å²) >= 11 is 0. The first-order valence-electron chi connectivity index (χ1n) is 6.45. The fourth-order valence-electron chi connectivity index (χ4n) is 2.08. The number of ketones is 1. The van der Waals surface area contributed by atoms with Crippen molar-refractivity contribution in [2.24, 2.45) is 7.05 Å². The second-order valence-corrected chi connectivity index (χ2v) is 4.99. The average Bonchev–Trinajstić information content (AvgIpc) is 2.67. The van der Waals surface area contributed by atoms with Gasteiger partial charge in [-0.2, -0.15) is 0 Å². The summed E-state index contributed by atoms with van der Waals surface area (Å²) in [4.78, 5) is 12.1. The molecule has 3 nitrogen and oxygen atoms in total. The molecule has 2 rings (SSSR count). The van der Waals surface area contributed by atoms with Crippen molar-refractivity contribution in [1.82, 2.24) is 4.57 Å². The molecule has 0 amide bonds. The molecule has 0 atom stereocenters. The van der Waals surface area contributed by atoms with Gasteiger partial charge in [-0.15, -0.1) is 0 Å². The molecule has 0 aliphatic heterocycles. The Bertz CT molecular complexity index is 659. The van der Waals surface area contributed by atoms with Crippen molar-refractivity contribution >= 4 is 5.78 Å². The van der Waals surface area contributed by atoms with E-state index in [1.165, 1.54) is 6.07 Å². The minimum atomic E-state index is -0.454. The summed E-state index contributed by atoms with van der Waals surface area (Å²) in [5, 5.41) is 0. The maximum Gasteiger partial charge on any atom is 0.202 e. The number of halogens is 1. The number of rotatable bonds is 4. The van der Waals surface area contributed by atoms with E-state index in [9.17, 15) is 9.18 Å². The van der Waals surface area contributed by atoms with Crippen LogP contribution in [0.1, 0.15) is 27.3 Å². The summed E-state index contributed by atoms with van der Waals surface area (Å²) in [5.41, 5.74) is 3.41. The highest BCUT2D eigenvalue weighted by Crippen LogP contribution is 2.19. The number of carbonyl (C=O) groups is 1. The number of carbonyl (C=O) groups excluding carboxylic acids is 1. The van der Waals surface area contributed by atoms with Crippen LogP contribution in [-0.2, 0) is 7.05 Å². The fraction of sp³-hybridized carbons (Fsp3) is 0.312. The van der Waals surface area contributed by atoms with E-state index in [0.717, 1.165) is 17.0 Å². The SMILES string of the molecule is Cc1ccc(F)c(OCC(=O)c2cc(C)n(C)c2C)c1. The summed E-state index contributed by atoms with van der Waals surface area (Å²) in [6.45, 7) is 5.50. The van der Waals surface area contributed by atoms with Crippen LogP contribution in [-0.4, -0.2) is 17.0 Å². The lowest BCUT2D eigenvalue weighted by Gasteiger charge is -2.07. The number of Topliss-reactive ketones (excluding diaryl/α,β-unsaturated/α-hetero) is 1. The van der Waals surface area contributed by atoms with Gasteiger partial charge >= 0.3 is 0 Å². The minimum Gasteiger partial charge on any atom is -0.482 e. The number of nitrogens with zero attached hydrogens (tertiary/aromatic N) is 1. The van der Waals surface area contributed by atoms with Gasteiger partial charge in [0.1, 0.15) is 0 Å². The highest BCUT2D eigenvalue weighted by molar-refractivity contribution is 5.98. The van der Waals surface area contributed by atoms with Gasteiger partial charge < -0.3 is 9.30 Å². The van der Waals surface area contributed by atoms with Crippen molar-refractivity contribution < 1.29 is 13.9 Å². The summed E-state index contributed by atoms with van der Waals surface area (Å²) in [5.74, 6) is -0.486. The number of benzene rings is 1. The number of aromatic nitrogens is 1. The van der Waals surface area contributed by atoms with E-state index in [1.54, 1.807) is 12.1 Å². The molecule has 0 saturated carbocycles. The van der Waals surface area contributed by atoms with E-state index in [1.807, 2.05) is 38.5 Å². The molecule has 0 aliphatic carbocycles. The van der Waals surface area contributed by atoms with Crippen molar-refractivity contribution in [2.45, 2.75) is 20.8 Å². The van der Waals surface area contributed by atoms with Crippen molar-refractivity contribution in [1.29, 1.82) is 0 Å². The molecule has 0 saturated heterocycles. The molecule has 0 fully saturated rings. The van der Waals surface area contributed by atoms with Gasteiger partial charge in [-0.3, -0.25) is 4.79 Å². The van der Waals surface area contributed by atoms with Crippen molar-refractivity contribution in [3.05, 3.63) is 52.6 Å². The van der Waals surface area contributed by atoms with E-state index >= 15 is 0 Å². The molecular weight excluding hydrogens is 257 g/mol. The lowest BCUT2D eigenvalue weighted by molar-refractivity contribution is 0.0918. The van der Waals surface area contributed by atoms with Crippen LogP contribution < -0.4 is 4.74 Å². The second-order valence-electron chi connectivity index (χ2n) is 4.99. The van der Waals surface area contributed by atoms with Crippen LogP contribution in [0, 0.1) is 26.6 Å². The first-order chi connectivity index (χ1) is 9.40. The first-order valence-corrected chi connectivity index (χ1v) is 6.45. The lowest BCUT2D eigenvalue weighted by atomic mass is 10.1. The van der Waals surface area contributed by atoms with Gasteiger partial charge in [0.05, 0.1) is 0 Å². The monoisotopic (exact) mass is 275 g/mol. The van der Waals surface area contributed by atoms with Crippen LogP contribution in [0.4, 0.5) is 4.39 Å². The van der Waals surface area contributed by atoms with Crippen molar-refractivity contribution in [2.75, 3.05) is 6.61 Å². The van der Waals surface area contributed by atoms with E-state index in [-0.39, 0.29) is 18.1 Å². The summed E-state index contributed by atoms with van der Waals surface area (Å²) in [6.07, 6.45) is 0. The fourth-order valence-corrected chi connectivity index (χ4v) is 2.08. The third-order valence-electron chi connectivity index (χ3n) is 3.52. The molecule has 0 bridgehead atoms. The molecule has 4 heteroatoms. The van der Waals surface area contributed by atoms with Gasteiger partial charge in [0.25, 0.3) is 0 Å². The maximum absolute atomic E-state index is 13.5. The first kappa shape index (κ1) is 14.3. The third-order valence-corrected chi connectivity index (χ3v) is 3.52. The molecule has 20 heavy (non-hydrogen) atoms. The maximum atomic E-state index is 13.5. The predicted octanol–water partition coefficient (Wildman–Crippen LogP) is 3.35. The number of ether oxygens (including phenoxy) is 1. The molecule has 0 spiro atoms. The van der Waals surface area contributed by atoms with Crippen molar-refractivity contribution in [3.8, 4) is 5.75 Å². The number of hydrogen-bond acceptors (Lipinski definition) is 2.